The fourth-order valence-electron chi connectivity index (χ4n) is 3.42. The standard InChI is InChI=1S/C16H20ClNO2/c17-12-8-11-6-7-14(19)18-15(11)13(9-12)16(20)10-4-2-1-3-5-10/h8-10,16,20H,1-7H2,(H,18,19). The Morgan fingerprint density at radius 1 is 1.20 bits per heavy atom. The Bertz CT molecular complexity index is 523. The van der Waals surface area contributed by atoms with Gasteiger partial charge in [0, 0.05) is 22.7 Å². The first-order chi connectivity index (χ1) is 9.65. The Balaban J connectivity index is 1.95. The predicted octanol–water partition coefficient (Wildman–Crippen LogP) is 3.84. The van der Waals surface area contributed by atoms with Crippen LogP contribution in [0, 0.1) is 5.92 Å². The van der Waals surface area contributed by atoms with Gasteiger partial charge < -0.3 is 10.4 Å². The minimum atomic E-state index is -0.527. The predicted molar refractivity (Wildman–Crippen MR) is 79.9 cm³/mol. The number of amides is 1. The molecular formula is C16H20ClNO2. The summed E-state index contributed by atoms with van der Waals surface area (Å²) in [5.41, 5.74) is 2.64. The molecule has 4 heteroatoms. The van der Waals surface area contributed by atoms with Crippen LogP contribution < -0.4 is 5.32 Å². The van der Waals surface area contributed by atoms with E-state index in [4.69, 9.17) is 11.6 Å². The number of nitrogens with one attached hydrogen (secondary N) is 1. The van der Waals surface area contributed by atoms with E-state index in [-0.39, 0.29) is 11.8 Å². The number of benzene rings is 1. The van der Waals surface area contributed by atoms with Crippen molar-refractivity contribution in [2.75, 3.05) is 5.32 Å². The van der Waals surface area contributed by atoms with Crippen LogP contribution in [0.15, 0.2) is 12.1 Å². The molecule has 1 atom stereocenters. The molecule has 0 saturated heterocycles. The molecule has 1 fully saturated rings. The van der Waals surface area contributed by atoms with Gasteiger partial charge in [0.2, 0.25) is 5.91 Å². The molecule has 3 nitrogen and oxygen atoms in total. The number of hydrogen-bond donors (Lipinski definition) is 2. The van der Waals surface area contributed by atoms with Crippen molar-refractivity contribution in [2.45, 2.75) is 51.0 Å². The van der Waals surface area contributed by atoms with Gasteiger partial charge in [0.15, 0.2) is 0 Å². The van der Waals surface area contributed by atoms with Crippen molar-refractivity contribution in [3.8, 4) is 0 Å². The number of carbonyl (C=O) groups is 1. The van der Waals surface area contributed by atoms with Crippen molar-refractivity contribution in [1.82, 2.24) is 0 Å². The minimum Gasteiger partial charge on any atom is -0.388 e. The van der Waals surface area contributed by atoms with Gasteiger partial charge in [0.1, 0.15) is 0 Å². The molecule has 1 heterocycles. The molecule has 1 aromatic rings. The summed E-state index contributed by atoms with van der Waals surface area (Å²) in [5.74, 6) is 0.307. The molecule has 108 valence electrons. The SMILES string of the molecule is O=C1CCc2cc(Cl)cc(C(O)C3CCCCC3)c2N1. The zero-order chi connectivity index (χ0) is 14.1. The van der Waals surface area contributed by atoms with Crippen LogP contribution in [0.1, 0.15) is 55.8 Å². The lowest BCUT2D eigenvalue weighted by Crippen LogP contribution is -2.23. The molecule has 1 unspecified atom stereocenters. The zero-order valence-corrected chi connectivity index (χ0v) is 12.2. The summed E-state index contributed by atoms with van der Waals surface area (Å²) >= 11 is 6.18. The number of carbonyl (C=O) groups excluding carboxylic acids is 1. The van der Waals surface area contributed by atoms with Crippen LogP contribution in [0.3, 0.4) is 0 Å². The summed E-state index contributed by atoms with van der Waals surface area (Å²) in [7, 11) is 0. The minimum absolute atomic E-state index is 0.0249. The van der Waals surface area contributed by atoms with Crippen LogP contribution >= 0.6 is 11.6 Å². The van der Waals surface area contributed by atoms with Crippen LogP contribution in [0.5, 0.6) is 0 Å². The molecule has 1 aliphatic carbocycles. The van der Waals surface area contributed by atoms with E-state index in [1.807, 2.05) is 12.1 Å². The Morgan fingerprint density at radius 2 is 1.95 bits per heavy atom. The normalized spacial score (nSPS) is 21.2. The highest BCUT2D eigenvalue weighted by Gasteiger charge is 2.28. The van der Waals surface area contributed by atoms with Gasteiger partial charge in [-0.1, -0.05) is 30.9 Å². The highest BCUT2D eigenvalue weighted by molar-refractivity contribution is 6.31. The van der Waals surface area contributed by atoms with Gasteiger partial charge >= 0.3 is 0 Å². The van der Waals surface area contributed by atoms with E-state index < -0.39 is 6.10 Å². The monoisotopic (exact) mass is 293 g/mol. The number of hydrogen-bond acceptors (Lipinski definition) is 2. The summed E-state index contributed by atoms with van der Waals surface area (Å²) in [6.07, 6.45) is 6.38. The summed E-state index contributed by atoms with van der Waals surface area (Å²) in [6.45, 7) is 0. The molecular weight excluding hydrogens is 274 g/mol. The van der Waals surface area contributed by atoms with E-state index in [1.165, 1.54) is 19.3 Å². The van der Waals surface area contributed by atoms with Gasteiger partial charge in [-0.2, -0.15) is 0 Å². The first-order valence-corrected chi connectivity index (χ1v) is 7.83. The molecule has 0 bridgehead atoms. The molecule has 1 amide bonds. The number of aliphatic hydroxyl groups excluding tert-OH is 1. The van der Waals surface area contributed by atoms with E-state index in [9.17, 15) is 9.90 Å². The first-order valence-electron chi connectivity index (χ1n) is 7.45. The average molecular weight is 294 g/mol. The van der Waals surface area contributed by atoms with E-state index in [0.717, 1.165) is 29.7 Å². The van der Waals surface area contributed by atoms with E-state index in [1.54, 1.807) is 0 Å². The summed E-state index contributed by atoms with van der Waals surface area (Å²) < 4.78 is 0. The number of halogens is 1. The lowest BCUT2D eigenvalue weighted by Gasteiger charge is -2.30. The van der Waals surface area contributed by atoms with Gasteiger partial charge in [0.05, 0.1) is 6.10 Å². The highest BCUT2D eigenvalue weighted by Crippen LogP contribution is 2.40. The van der Waals surface area contributed by atoms with Crippen molar-refractivity contribution >= 4 is 23.2 Å². The average Bonchev–Trinajstić information content (AvgIpc) is 2.47. The van der Waals surface area contributed by atoms with Gasteiger partial charge in [0.25, 0.3) is 0 Å². The summed E-state index contributed by atoms with van der Waals surface area (Å²) in [5, 5.41) is 14.3. The van der Waals surface area contributed by atoms with Crippen molar-refractivity contribution in [3.63, 3.8) is 0 Å². The molecule has 2 N–H and O–H groups in total. The maximum absolute atomic E-state index is 11.6. The third kappa shape index (κ3) is 2.70. The van der Waals surface area contributed by atoms with E-state index >= 15 is 0 Å². The molecule has 0 radical (unpaired) electrons. The third-order valence-electron chi connectivity index (χ3n) is 4.52. The van der Waals surface area contributed by atoms with Crippen LogP contribution in [-0.2, 0) is 11.2 Å². The quantitative estimate of drug-likeness (QED) is 0.870. The van der Waals surface area contributed by atoms with Crippen molar-refractivity contribution in [3.05, 3.63) is 28.3 Å². The van der Waals surface area contributed by atoms with E-state index in [2.05, 4.69) is 5.32 Å². The Hall–Kier alpha value is -1.06. The van der Waals surface area contributed by atoms with Gasteiger partial charge in [-0.3, -0.25) is 4.79 Å². The lowest BCUT2D eigenvalue weighted by molar-refractivity contribution is -0.116. The van der Waals surface area contributed by atoms with Crippen molar-refractivity contribution in [2.24, 2.45) is 5.92 Å². The van der Waals surface area contributed by atoms with Crippen molar-refractivity contribution < 1.29 is 9.90 Å². The van der Waals surface area contributed by atoms with Gasteiger partial charge in [-0.15, -0.1) is 0 Å². The second-order valence-electron chi connectivity index (χ2n) is 5.92. The molecule has 0 aromatic heterocycles. The second kappa shape index (κ2) is 5.74. The molecule has 1 saturated carbocycles. The fraction of sp³-hybridized carbons (Fsp3) is 0.562. The van der Waals surface area contributed by atoms with Crippen LogP contribution in [0.2, 0.25) is 5.02 Å². The molecule has 2 aliphatic rings. The fourth-order valence-corrected chi connectivity index (χ4v) is 3.67. The molecule has 1 aliphatic heterocycles. The molecule has 20 heavy (non-hydrogen) atoms. The summed E-state index contributed by atoms with van der Waals surface area (Å²) in [4.78, 5) is 11.6. The molecule has 1 aromatic carbocycles. The zero-order valence-electron chi connectivity index (χ0n) is 11.5. The number of anilines is 1. The topological polar surface area (TPSA) is 49.3 Å². The number of fused-ring (bicyclic) bond motifs is 1. The largest absolute Gasteiger partial charge is 0.388 e. The smallest absolute Gasteiger partial charge is 0.224 e. The lowest BCUT2D eigenvalue weighted by atomic mass is 9.81. The molecule has 3 rings (SSSR count). The van der Waals surface area contributed by atoms with E-state index in [0.29, 0.717) is 17.9 Å². The highest BCUT2D eigenvalue weighted by atomic mass is 35.5. The van der Waals surface area contributed by atoms with Gasteiger partial charge in [-0.25, -0.2) is 0 Å². The Labute approximate surface area is 124 Å². The second-order valence-corrected chi connectivity index (χ2v) is 6.36. The maximum Gasteiger partial charge on any atom is 0.224 e. The van der Waals surface area contributed by atoms with Gasteiger partial charge in [-0.05, 0) is 42.9 Å². The Morgan fingerprint density at radius 3 is 2.70 bits per heavy atom. The van der Waals surface area contributed by atoms with Crippen LogP contribution in [0.4, 0.5) is 5.69 Å². The number of aliphatic hydroxyl groups is 1. The first kappa shape index (κ1) is 13.9. The van der Waals surface area contributed by atoms with Crippen LogP contribution in [0.25, 0.3) is 0 Å². The maximum atomic E-state index is 11.6. The number of aryl methyl sites for hydroxylation is 1. The number of rotatable bonds is 2. The Kier molecular flexibility index (Phi) is 3.99. The third-order valence-corrected chi connectivity index (χ3v) is 4.73. The summed E-state index contributed by atoms with van der Waals surface area (Å²) in [6, 6.07) is 3.71. The van der Waals surface area contributed by atoms with Crippen molar-refractivity contribution in [1.29, 1.82) is 0 Å². The molecule has 0 spiro atoms. The van der Waals surface area contributed by atoms with Crippen LogP contribution in [-0.4, -0.2) is 11.0 Å².